The minimum Gasteiger partial charge on any atom is -0.358 e. The molecule has 2 saturated carbocycles. The first-order chi connectivity index (χ1) is 6.77. The standard InChI is InChI=1S/C11H20N2O/c1-12-10(14)8-13-9-4-7-11(9)5-2-3-6-11/h9,13H,2-8H2,1H3,(H,12,14). The first kappa shape index (κ1) is 9.97. The van der Waals surface area contributed by atoms with Gasteiger partial charge in [0.2, 0.25) is 5.91 Å². The van der Waals surface area contributed by atoms with E-state index in [-0.39, 0.29) is 5.91 Å². The Balaban J connectivity index is 1.79. The molecule has 1 unspecified atom stereocenters. The maximum Gasteiger partial charge on any atom is 0.233 e. The third-order valence-corrected chi connectivity index (χ3v) is 4.06. The summed E-state index contributed by atoms with van der Waals surface area (Å²) >= 11 is 0. The summed E-state index contributed by atoms with van der Waals surface area (Å²) in [6.07, 6.45) is 8.16. The highest BCUT2D eigenvalue weighted by Crippen LogP contribution is 2.53. The van der Waals surface area contributed by atoms with E-state index in [0.29, 0.717) is 18.0 Å². The minimum absolute atomic E-state index is 0.102. The average Bonchev–Trinajstić information content (AvgIpc) is 2.67. The Hall–Kier alpha value is -0.570. The van der Waals surface area contributed by atoms with Gasteiger partial charge in [-0.1, -0.05) is 12.8 Å². The van der Waals surface area contributed by atoms with E-state index in [1.54, 1.807) is 7.05 Å². The van der Waals surface area contributed by atoms with Gasteiger partial charge in [0.05, 0.1) is 6.54 Å². The molecule has 2 rings (SSSR count). The molecule has 0 aromatic rings. The van der Waals surface area contributed by atoms with Crippen LogP contribution in [0.25, 0.3) is 0 Å². The van der Waals surface area contributed by atoms with Crippen molar-refractivity contribution in [3.63, 3.8) is 0 Å². The van der Waals surface area contributed by atoms with Gasteiger partial charge in [-0.3, -0.25) is 4.79 Å². The summed E-state index contributed by atoms with van der Waals surface area (Å²) in [4.78, 5) is 11.1. The summed E-state index contributed by atoms with van der Waals surface area (Å²) in [5.41, 5.74) is 0.577. The van der Waals surface area contributed by atoms with Crippen LogP contribution in [0.15, 0.2) is 0 Å². The van der Waals surface area contributed by atoms with E-state index < -0.39 is 0 Å². The third-order valence-electron chi connectivity index (χ3n) is 4.06. The van der Waals surface area contributed by atoms with Gasteiger partial charge in [0.1, 0.15) is 0 Å². The number of hydrogen-bond acceptors (Lipinski definition) is 2. The quantitative estimate of drug-likeness (QED) is 0.708. The van der Waals surface area contributed by atoms with E-state index in [9.17, 15) is 4.79 Å². The number of rotatable bonds is 3. The molecule has 14 heavy (non-hydrogen) atoms. The van der Waals surface area contributed by atoms with Gasteiger partial charge in [-0.2, -0.15) is 0 Å². The maximum atomic E-state index is 11.1. The molecular formula is C11H20N2O. The highest BCUT2D eigenvalue weighted by atomic mass is 16.1. The Labute approximate surface area is 85.6 Å². The zero-order valence-electron chi connectivity index (χ0n) is 8.94. The van der Waals surface area contributed by atoms with Crippen molar-refractivity contribution in [1.29, 1.82) is 0 Å². The Morgan fingerprint density at radius 2 is 2.07 bits per heavy atom. The van der Waals surface area contributed by atoms with Crippen molar-refractivity contribution in [3.05, 3.63) is 0 Å². The van der Waals surface area contributed by atoms with Crippen LogP contribution in [0, 0.1) is 5.41 Å². The van der Waals surface area contributed by atoms with E-state index in [0.717, 1.165) is 0 Å². The smallest absolute Gasteiger partial charge is 0.233 e. The van der Waals surface area contributed by atoms with Crippen LogP contribution in [0.2, 0.25) is 0 Å². The summed E-state index contributed by atoms with van der Waals surface area (Å²) in [7, 11) is 1.69. The fourth-order valence-electron chi connectivity index (χ4n) is 3.00. The van der Waals surface area contributed by atoms with Gasteiger partial charge in [0, 0.05) is 13.1 Å². The van der Waals surface area contributed by atoms with E-state index in [2.05, 4.69) is 10.6 Å². The molecule has 80 valence electrons. The van der Waals surface area contributed by atoms with Crippen LogP contribution in [0.5, 0.6) is 0 Å². The summed E-state index contributed by atoms with van der Waals surface area (Å²) in [6.45, 7) is 0.489. The molecular weight excluding hydrogens is 176 g/mol. The van der Waals surface area contributed by atoms with E-state index >= 15 is 0 Å². The largest absolute Gasteiger partial charge is 0.358 e. The van der Waals surface area contributed by atoms with Crippen molar-refractivity contribution in [1.82, 2.24) is 10.6 Å². The average molecular weight is 196 g/mol. The third kappa shape index (κ3) is 1.65. The second-order valence-corrected chi connectivity index (χ2v) is 4.71. The molecule has 0 heterocycles. The van der Waals surface area contributed by atoms with E-state index in [1.807, 2.05) is 0 Å². The van der Waals surface area contributed by atoms with Gasteiger partial charge >= 0.3 is 0 Å². The van der Waals surface area contributed by atoms with Gasteiger partial charge in [0.25, 0.3) is 0 Å². The second-order valence-electron chi connectivity index (χ2n) is 4.71. The molecule has 2 fully saturated rings. The topological polar surface area (TPSA) is 41.1 Å². The molecule has 0 saturated heterocycles. The Morgan fingerprint density at radius 3 is 2.57 bits per heavy atom. The maximum absolute atomic E-state index is 11.1. The zero-order chi connectivity index (χ0) is 10.0. The predicted molar refractivity (Wildman–Crippen MR) is 56.0 cm³/mol. The van der Waals surface area contributed by atoms with Gasteiger partial charge in [0.15, 0.2) is 0 Å². The lowest BCUT2D eigenvalue weighted by Gasteiger charge is -2.48. The van der Waals surface area contributed by atoms with Crippen molar-refractivity contribution in [2.24, 2.45) is 5.41 Å². The first-order valence-corrected chi connectivity index (χ1v) is 5.71. The van der Waals surface area contributed by atoms with Crippen LogP contribution in [0.4, 0.5) is 0 Å². The van der Waals surface area contributed by atoms with Crippen LogP contribution in [-0.2, 0) is 4.79 Å². The Kier molecular flexibility index (Phi) is 2.77. The number of hydrogen-bond donors (Lipinski definition) is 2. The summed E-state index contributed by atoms with van der Waals surface area (Å²) in [5.74, 6) is 0.102. The lowest BCUT2D eigenvalue weighted by Crippen LogP contribution is -2.53. The molecule has 0 aromatic heterocycles. The lowest BCUT2D eigenvalue weighted by molar-refractivity contribution is -0.120. The zero-order valence-corrected chi connectivity index (χ0v) is 8.94. The number of likely N-dealkylation sites (N-methyl/N-ethyl adjacent to an activating group) is 1. The minimum atomic E-state index is 0.102. The molecule has 0 aliphatic heterocycles. The molecule has 0 aromatic carbocycles. The Bertz CT molecular complexity index is 221. The van der Waals surface area contributed by atoms with Crippen LogP contribution in [0.1, 0.15) is 38.5 Å². The Morgan fingerprint density at radius 1 is 1.36 bits per heavy atom. The van der Waals surface area contributed by atoms with E-state index in [1.165, 1.54) is 38.5 Å². The van der Waals surface area contributed by atoms with Crippen LogP contribution in [0.3, 0.4) is 0 Å². The van der Waals surface area contributed by atoms with Crippen LogP contribution >= 0.6 is 0 Å². The fraction of sp³-hybridized carbons (Fsp3) is 0.909. The van der Waals surface area contributed by atoms with Crippen molar-refractivity contribution in [2.75, 3.05) is 13.6 Å². The second kappa shape index (κ2) is 3.89. The fourth-order valence-corrected chi connectivity index (χ4v) is 3.00. The van der Waals surface area contributed by atoms with Gasteiger partial charge in [-0.25, -0.2) is 0 Å². The van der Waals surface area contributed by atoms with Crippen molar-refractivity contribution in [2.45, 2.75) is 44.6 Å². The van der Waals surface area contributed by atoms with Gasteiger partial charge in [-0.15, -0.1) is 0 Å². The molecule has 3 nitrogen and oxygen atoms in total. The molecule has 2 N–H and O–H groups in total. The highest BCUT2D eigenvalue weighted by Gasteiger charge is 2.47. The number of amides is 1. The van der Waals surface area contributed by atoms with Crippen molar-refractivity contribution >= 4 is 5.91 Å². The monoisotopic (exact) mass is 196 g/mol. The van der Waals surface area contributed by atoms with E-state index in [4.69, 9.17) is 0 Å². The summed E-state index contributed by atoms with van der Waals surface area (Å²) < 4.78 is 0. The first-order valence-electron chi connectivity index (χ1n) is 5.71. The molecule has 1 spiro atoms. The molecule has 2 aliphatic carbocycles. The van der Waals surface area contributed by atoms with Gasteiger partial charge < -0.3 is 10.6 Å². The van der Waals surface area contributed by atoms with Crippen LogP contribution in [-0.4, -0.2) is 25.5 Å². The van der Waals surface area contributed by atoms with Crippen molar-refractivity contribution < 1.29 is 4.79 Å². The van der Waals surface area contributed by atoms with Crippen molar-refractivity contribution in [3.8, 4) is 0 Å². The SMILES string of the molecule is CNC(=O)CNC1CCC12CCCC2. The van der Waals surface area contributed by atoms with Gasteiger partial charge in [-0.05, 0) is 31.1 Å². The molecule has 0 bridgehead atoms. The number of carbonyl (C=O) groups is 1. The summed E-state index contributed by atoms with van der Waals surface area (Å²) in [5, 5.41) is 6.04. The predicted octanol–water partition coefficient (Wildman–Crippen LogP) is 1.04. The molecule has 3 heteroatoms. The lowest BCUT2D eigenvalue weighted by atomic mass is 9.63. The highest BCUT2D eigenvalue weighted by molar-refractivity contribution is 5.77. The summed E-state index contributed by atoms with van der Waals surface area (Å²) in [6, 6.07) is 0.613. The molecule has 2 aliphatic rings. The number of carbonyl (C=O) groups excluding carboxylic acids is 1. The molecule has 0 radical (unpaired) electrons. The number of nitrogens with one attached hydrogen (secondary N) is 2. The normalized spacial score (nSPS) is 28.8. The molecule has 1 atom stereocenters. The molecule has 1 amide bonds. The van der Waals surface area contributed by atoms with Crippen LogP contribution < -0.4 is 10.6 Å².